The highest BCUT2D eigenvalue weighted by atomic mass is 19.1. The lowest BCUT2D eigenvalue weighted by Crippen LogP contribution is -2.44. The number of nitrogens with one attached hydrogen (secondary N) is 1. The summed E-state index contributed by atoms with van der Waals surface area (Å²) in [4.78, 5) is 11.9. The molecule has 3 aromatic rings. The van der Waals surface area contributed by atoms with Crippen LogP contribution in [-0.4, -0.2) is 41.4 Å². The molecular formula is C26H27F2N5O3. The molecule has 0 amide bonds. The summed E-state index contributed by atoms with van der Waals surface area (Å²) in [5.74, 6) is 1.20. The van der Waals surface area contributed by atoms with Crippen molar-refractivity contribution in [3.63, 3.8) is 0 Å². The maximum absolute atomic E-state index is 14.5. The summed E-state index contributed by atoms with van der Waals surface area (Å²) in [7, 11) is 0. The molecule has 2 aromatic heterocycles. The number of halogens is 2. The van der Waals surface area contributed by atoms with Crippen molar-refractivity contribution >= 4 is 11.7 Å². The van der Waals surface area contributed by atoms with Gasteiger partial charge in [0, 0.05) is 35.8 Å². The van der Waals surface area contributed by atoms with E-state index in [-0.39, 0.29) is 35.9 Å². The summed E-state index contributed by atoms with van der Waals surface area (Å²) < 4.78 is 40.9. The van der Waals surface area contributed by atoms with E-state index in [1.807, 2.05) is 12.1 Å². The minimum atomic E-state index is -0.657. The number of aromatic nitrogens is 2. The molecule has 0 unspecified atom stereocenters. The first-order chi connectivity index (χ1) is 17.6. The maximum Gasteiger partial charge on any atom is 0.188 e. The first-order valence-corrected chi connectivity index (χ1v) is 12.3. The minimum absolute atomic E-state index is 0.00462. The van der Waals surface area contributed by atoms with Gasteiger partial charge in [0.2, 0.25) is 0 Å². The highest BCUT2D eigenvalue weighted by molar-refractivity contribution is 5.98. The number of piperidine rings is 1. The number of ether oxygens (including phenoxy) is 1. The molecule has 1 aromatic carbocycles. The fourth-order valence-electron chi connectivity index (χ4n) is 4.95. The van der Waals surface area contributed by atoms with Gasteiger partial charge in [0.1, 0.15) is 28.9 Å². The number of nitrogens with zero attached hydrogens (tertiary/aromatic N) is 4. The van der Waals surface area contributed by atoms with Crippen LogP contribution in [0, 0.1) is 11.6 Å². The number of amidine groups is 1. The Morgan fingerprint density at radius 2 is 1.97 bits per heavy atom. The molecule has 4 heterocycles. The number of pyridine rings is 1. The lowest BCUT2D eigenvalue weighted by Gasteiger charge is -2.38. The Morgan fingerprint density at radius 3 is 2.64 bits per heavy atom. The van der Waals surface area contributed by atoms with E-state index in [1.54, 1.807) is 6.20 Å². The predicted molar refractivity (Wildman–Crippen MR) is 128 cm³/mol. The Hall–Kier alpha value is -3.53. The third-order valence-corrected chi connectivity index (χ3v) is 7.03. The standard InChI is InChI=1S/C26H27F2N5O3/c1-15-11-18(9-10-33(15)22-8-7-17(12-29-22)26-30-14-35-32-26)34-13-19-24(31-36-25(19)16-5-6-16)23-20(27)3-2-4-21(23)28/h2-4,7-8,12,15-16,18H,5-6,9-11,13-14H2,1H3,(H,30,32)/t15-,18-/m1/s1. The molecule has 8 nitrogen and oxygen atoms in total. The van der Waals surface area contributed by atoms with Gasteiger partial charge in [-0.1, -0.05) is 16.4 Å². The molecule has 10 heteroatoms. The first-order valence-electron chi connectivity index (χ1n) is 12.3. The zero-order valence-corrected chi connectivity index (χ0v) is 19.9. The van der Waals surface area contributed by atoms with Gasteiger partial charge in [-0.25, -0.2) is 13.8 Å². The third kappa shape index (κ3) is 4.41. The Labute approximate surface area is 207 Å². The quantitative estimate of drug-likeness (QED) is 0.508. The van der Waals surface area contributed by atoms with E-state index in [9.17, 15) is 8.78 Å². The van der Waals surface area contributed by atoms with Gasteiger partial charge in [0.15, 0.2) is 12.6 Å². The lowest BCUT2D eigenvalue weighted by molar-refractivity contribution is 0.0174. The molecule has 188 valence electrons. The second-order valence-corrected chi connectivity index (χ2v) is 9.54. The van der Waals surface area contributed by atoms with Gasteiger partial charge < -0.3 is 24.3 Å². The van der Waals surface area contributed by atoms with Crippen LogP contribution in [0.4, 0.5) is 14.6 Å². The van der Waals surface area contributed by atoms with Crippen LogP contribution in [0.25, 0.3) is 11.3 Å². The van der Waals surface area contributed by atoms with Crippen LogP contribution in [-0.2, 0) is 16.2 Å². The van der Waals surface area contributed by atoms with Crippen LogP contribution in [0.1, 0.15) is 55.4 Å². The van der Waals surface area contributed by atoms with Crippen molar-refractivity contribution in [3.8, 4) is 11.3 Å². The minimum Gasteiger partial charge on any atom is -0.373 e. The zero-order valence-electron chi connectivity index (χ0n) is 19.9. The first kappa shape index (κ1) is 22.9. The number of anilines is 1. The number of rotatable bonds is 7. The molecule has 6 rings (SSSR count). The number of hydrogen-bond acceptors (Lipinski definition) is 8. The monoisotopic (exact) mass is 495 g/mol. The van der Waals surface area contributed by atoms with E-state index in [0.29, 0.717) is 23.9 Å². The van der Waals surface area contributed by atoms with Crippen LogP contribution >= 0.6 is 0 Å². The zero-order chi connectivity index (χ0) is 24.6. The van der Waals surface area contributed by atoms with Crippen LogP contribution in [0.5, 0.6) is 0 Å². The Balaban J connectivity index is 1.13. The van der Waals surface area contributed by atoms with Gasteiger partial charge in [0.25, 0.3) is 0 Å². The number of benzene rings is 1. The topological polar surface area (TPSA) is 85.0 Å². The van der Waals surface area contributed by atoms with Crippen molar-refractivity contribution in [1.29, 1.82) is 0 Å². The van der Waals surface area contributed by atoms with Crippen molar-refractivity contribution in [2.75, 3.05) is 18.2 Å². The van der Waals surface area contributed by atoms with Crippen LogP contribution in [0.2, 0.25) is 0 Å². The predicted octanol–water partition coefficient (Wildman–Crippen LogP) is 4.71. The molecule has 0 bridgehead atoms. The molecule has 0 spiro atoms. The van der Waals surface area contributed by atoms with Crippen molar-refractivity contribution in [3.05, 3.63) is 65.1 Å². The molecule has 0 radical (unpaired) electrons. The van der Waals surface area contributed by atoms with Gasteiger partial charge >= 0.3 is 0 Å². The molecule has 3 aliphatic rings. The van der Waals surface area contributed by atoms with Crippen molar-refractivity contribution < 1.29 is 22.9 Å². The lowest BCUT2D eigenvalue weighted by atomic mass is 10.00. The molecular weight excluding hydrogens is 468 g/mol. The normalized spacial score (nSPS) is 21.8. The van der Waals surface area contributed by atoms with Crippen molar-refractivity contribution in [1.82, 2.24) is 15.5 Å². The van der Waals surface area contributed by atoms with E-state index >= 15 is 0 Å². The molecule has 2 aliphatic heterocycles. The van der Waals surface area contributed by atoms with Crippen LogP contribution < -0.4 is 10.2 Å². The van der Waals surface area contributed by atoms with E-state index in [0.717, 1.165) is 43.6 Å². The summed E-state index contributed by atoms with van der Waals surface area (Å²) in [6, 6.07) is 7.99. The van der Waals surface area contributed by atoms with Crippen LogP contribution in [0.3, 0.4) is 0 Å². The fourth-order valence-corrected chi connectivity index (χ4v) is 4.95. The molecule has 1 N–H and O–H groups in total. The van der Waals surface area contributed by atoms with E-state index in [4.69, 9.17) is 14.1 Å². The average molecular weight is 496 g/mol. The molecule has 1 saturated carbocycles. The smallest absolute Gasteiger partial charge is 0.188 e. The second-order valence-electron chi connectivity index (χ2n) is 9.54. The van der Waals surface area contributed by atoms with Gasteiger partial charge in [-0.05, 0) is 56.9 Å². The highest BCUT2D eigenvalue weighted by Gasteiger charge is 2.35. The maximum atomic E-state index is 14.5. The van der Waals surface area contributed by atoms with Crippen LogP contribution in [0.15, 0.2) is 46.2 Å². The summed E-state index contributed by atoms with van der Waals surface area (Å²) in [6.07, 6.45) is 5.38. The molecule has 2 atom stereocenters. The Morgan fingerprint density at radius 1 is 1.14 bits per heavy atom. The summed E-state index contributed by atoms with van der Waals surface area (Å²) in [5.41, 5.74) is 1.58. The van der Waals surface area contributed by atoms with E-state index in [1.165, 1.54) is 18.2 Å². The number of oxime groups is 1. The van der Waals surface area contributed by atoms with Gasteiger partial charge in [-0.15, -0.1) is 0 Å². The Kier molecular flexibility index (Phi) is 6.04. The fraction of sp³-hybridized carbons (Fsp3) is 0.423. The van der Waals surface area contributed by atoms with Gasteiger partial charge in [-0.3, -0.25) is 0 Å². The van der Waals surface area contributed by atoms with Gasteiger partial charge in [-0.2, -0.15) is 0 Å². The van der Waals surface area contributed by atoms with E-state index in [2.05, 4.69) is 32.4 Å². The average Bonchev–Trinajstić information content (AvgIpc) is 3.40. The number of hydrogen-bond donors (Lipinski definition) is 1. The highest BCUT2D eigenvalue weighted by Crippen LogP contribution is 2.45. The summed E-state index contributed by atoms with van der Waals surface area (Å²) in [6.45, 7) is 3.51. The second kappa shape index (κ2) is 9.50. The van der Waals surface area contributed by atoms with Crippen molar-refractivity contribution in [2.45, 2.75) is 57.3 Å². The Bertz CT molecular complexity index is 1250. The van der Waals surface area contributed by atoms with Crippen molar-refractivity contribution in [2.24, 2.45) is 5.16 Å². The molecule has 36 heavy (non-hydrogen) atoms. The summed E-state index contributed by atoms with van der Waals surface area (Å²) in [5, 5.41) is 11.1. The molecule has 1 saturated heterocycles. The third-order valence-electron chi connectivity index (χ3n) is 7.03. The molecule has 2 fully saturated rings. The van der Waals surface area contributed by atoms with E-state index < -0.39 is 11.6 Å². The summed E-state index contributed by atoms with van der Waals surface area (Å²) >= 11 is 0. The SMILES string of the molecule is C[C@@H]1C[C@H](OCc2c(-c3c(F)cccc3F)noc2C2CC2)CCN1c1ccc(C2=NOCN2)cn1. The molecule has 1 aliphatic carbocycles. The van der Waals surface area contributed by atoms with Gasteiger partial charge in [0.05, 0.1) is 18.3 Å². The largest absolute Gasteiger partial charge is 0.373 e.